The standard InChI is InChI=1S/C13H20N2O3/c1-9(15-7-5-10(14)6-8-15)11-3-4-12(18-11)13(16)17-2/h3-4,9-10H,5-8,14H2,1-2H3. The van der Waals surface area contributed by atoms with E-state index in [1.54, 1.807) is 6.07 Å². The molecule has 2 heterocycles. The molecule has 1 fully saturated rings. The third kappa shape index (κ3) is 2.73. The minimum absolute atomic E-state index is 0.163. The number of nitrogens with two attached hydrogens (primary N) is 1. The summed E-state index contributed by atoms with van der Waals surface area (Å²) < 4.78 is 10.2. The van der Waals surface area contributed by atoms with Gasteiger partial charge in [-0.2, -0.15) is 0 Å². The number of piperidine rings is 1. The molecule has 0 aromatic carbocycles. The third-order valence-electron chi connectivity index (χ3n) is 3.55. The highest BCUT2D eigenvalue weighted by atomic mass is 16.5. The number of ether oxygens (including phenoxy) is 1. The largest absolute Gasteiger partial charge is 0.463 e. The summed E-state index contributed by atoms with van der Waals surface area (Å²) in [5.41, 5.74) is 5.89. The van der Waals surface area contributed by atoms with Gasteiger partial charge in [0, 0.05) is 19.1 Å². The molecular weight excluding hydrogens is 232 g/mol. The molecule has 100 valence electrons. The first-order valence-corrected chi connectivity index (χ1v) is 6.29. The van der Waals surface area contributed by atoms with Gasteiger partial charge >= 0.3 is 5.97 Å². The molecule has 0 aliphatic carbocycles. The number of rotatable bonds is 3. The van der Waals surface area contributed by atoms with E-state index in [0.29, 0.717) is 6.04 Å². The Morgan fingerprint density at radius 2 is 2.17 bits per heavy atom. The second kappa shape index (κ2) is 5.54. The van der Waals surface area contributed by atoms with Gasteiger partial charge in [0.25, 0.3) is 0 Å². The van der Waals surface area contributed by atoms with Crippen molar-refractivity contribution in [1.29, 1.82) is 0 Å². The first-order chi connectivity index (χ1) is 8.61. The molecule has 0 saturated carbocycles. The second-order valence-corrected chi connectivity index (χ2v) is 4.74. The van der Waals surface area contributed by atoms with Crippen LogP contribution in [0.3, 0.4) is 0 Å². The zero-order valence-corrected chi connectivity index (χ0v) is 10.9. The van der Waals surface area contributed by atoms with Gasteiger partial charge in [0.2, 0.25) is 5.76 Å². The normalized spacial score (nSPS) is 19.7. The van der Waals surface area contributed by atoms with E-state index in [4.69, 9.17) is 10.2 Å². The Hall–Kier alpha value is -1.33. The van der Waals surface area contributed by atoms with E-state index in [-0.39, 0.29) is 11.8 Å². The number of likely N-dealkylation sites (tertiary alicyclic amines) is 1. The molecule has 1 aromatic heterocycles. The van der Waals surface area contributed by atoms with Gasteiger partial charge in [-0.25, -0.2) is 4.79 Å². The number of esters is 1. The molecule has 1 aliphatic heterocycles. The summed E-state index contributed by atoms with van der Waals surface area (Å²) in [5.74, 6) is 0.619. The van der Waals surface area contributed by atoms with Gasteiger partial charge in [-0.3, -0.25) is 4.90 Å². The predicted octanol–water partition coefficient (Wildman–Crippen LogP) is 1.55. The average molecular weight is 252 g/mol. The van der Waals surface area contributed by atoms with Crippen LogP contribution in [0, 0.1) is 0 Å². The van der Waals surface area contributed by atoms with E-state index in [2.05, 4.69) is 16.6 Å². The highest BCUT2D eigenvalue weighted by Crippen LogP contribution is 2.25. The van der Waals surface area contributed by atoms with E-state index in [9.17, 15) is 4.79 Å². The molecule has 5 nitrogen and oxygen atoms in total. The monoisotopic (exact) mass is 252 g/mol. The van der Waals surface area contributed by atoms with Gasteiger partial charge in [-0.15, -0.1) is 0 Å². The summed E-state index contributed by atoms with van der Waals surface area (Å²) in [6.45, 7) is 4.02. The molecule has 5 heteroatoms. The number of furan rings is 1. The summed E-state index contributed by atoms with van der Waals surface area (Å²) in [5, 5.41) is 0. The van der Waals surface area contributed by atoms with Crippen LogP contribution in [-0.4, -0.2) is 37.1 Å². The Balaban J connectivity index is 2.02. The first kappa shape index (κ1) is 13.1. The maximum absolute atomic E-state index is 11.3. The number of hydrogen-bond donors (Lipinski definition) is 1. The molecule has 1 aliphatic rings. The Labute approximate surface area is 107 Å². The summed E-state index contributed by atoms with van der Waals surface area (Å²) in [6, 6.07) is 3.98. The molecule has 1 aromatic rings. The van der Waals surface area contributed by atoms with Gasteiger partial charge in [-0.05, 0) is 31.9 Å². The fourth-order valence-electron chi connectivity index (χ4n) is 2.27. The van der Waals surface area contributed by atoms with Gasteiger partial charge in [-0.1, -0.05) is 0 Å². The van der Waals surface area contributed by atoms with Crippen molar-refractivity contribution in [3.8, 4) is 0 Å². The van der Waals surface area contributed by atoms with Crippen LogP contribution in [0.15, 0.2) is 16.5 Å². The first-order valence-electron chi connectivity index (χ1n) is 6.29. The van der Waals surface area contributed by atoms with E-state index in [1.165, 1.54) is 7.11 Å². The maximum Gasteiger partial charge on any atom is 0.373 e. The highest BCUT2D eigenvalue weighted by Gasteiger charge is 2.24. The van der Waals surface area contributed by atoms with Crippen LogP contribution >= 0.6 is 0 Å². The highest BCUT2D eigenvalue weighted by molar-refractivity contribution is 5.86. The maximum atomic E-state index is 11.3. The molecule has 2 rings (SSSR count). The molecular formula is C13H20N2O3. The van der Waals surface area contributed by atoms with Gasteiger partial charge in [0.1, 0.15) is 5.76 Å². The molecule has 0 radical (unpaired) electrons. The van der Waals surface area contributed by atoms with Crippen molar-refractivity contribution in [2.24, 2.45) is 5.73 Å². The van der Waals surface area contributed by atoms with Crippen LogP contribution in [0.5, 0.6) is 0 Å². The quantitative estimate of drug-likeness (QED) is 0.827. The lowest BCUT2D eigenvalue weighted by Crippen LogP contribution is -2.40. The van der Waals surface area contributed by atoms with Gasteiger partial charge < -0.3 is 14.9 Å². The van der Waals surface area contributed by atoms with E-state index in [0.717, 1.165) is 31.7 Å². The van der Waals surface area contributed by atoms with Crippen LogP contribution in [0.25, 0.3) is 0 Å². The van der Waals surface area contributed by atoms with Crippen LogP contribution < -0.4 is 5.73 Å². The number of carbonyl (C=O) groups is 1. The fraction of sp³-hybridized carbons (Fsp3) is 0.615. The van der Waals surface area contributed by atoms with Crippen LogP contribution in [0.1, 0.15) is 42.1 Å². The molecule has 0 bridgehead atoms. The lowest BCUT2D eigenvalue weighted by molar-refractivity contribution is 0.0557. The Morgan fingerprint density at radius 3 is 2.78 bits per heavy atom. The minimum atomic E-state index is -0.436. The lowest BCUT2D eigenvalue weighted by atomic mass is 10.0. The number of hydrogen-bond acceptors (Lipinski definition) is 5. The summed E-state index contributed by atoms with van der Waals surface area (Å²) >= 11 is 0. The van der Waals surface area contributed by atoms with Crippen LogP contribution in [0.4, 0.5) is 0 Å². The van der Waals surface area contributed by atoms with Crippen molar-refractivity contribution in [1.82, 2.24) is 4.90 Å². The summed E-state index contributed by atoms with van der Waals surface area (Å²) in [7, 11) is 1.35. The van der Waals surface area contributed by atoms with Crippen LogP contribution in [-0.2, 0) is 4.74 Å². The van der Waals surface area contributed by atoms with E-state index in [1.807, 2.05) is 6.07 Å². The minimum Gasteiger partial charge on any atom is -0.463 e. The van der Waals surface area contributed by atoms with Crippen molar-refractivity contribution in [2.75, 3.05) is 20.2 Å². The average Bonchev–Trinajstić information content (AvgIpc) is 2.87. The Morgan fingerprint density at radius 1 is 1.50 bits per heavy atom. The fourth-order valence-corrected chi connectivity index (χ4v) is 2.27. The smallest absolute Gasteiger partial charge is 0.373 e. The topological polar surface area (TPSA) is 68.7 Å². The molecule has 18 heavy (non-hydrogen) atoms. The van der Waals surface area contributed by atoms with E-state index >= 15 is 0 Å². The van der Waals surface area contributed by atoms with Gasteiger partial charge in [0.05, 0.1) is 13.2 Å². The zero-order valence-electron chi connectivity index (χ0n) is 10.9. The van der Waals surface area contributed by atoms with Crippen molar-refractivity contribution in [3.63, 3.8) is 0 Å². The summed E-state index contributed by atoms with van der Waals surface area (Å²) in [6.07, 6.45) is 2.02. The zero-order chi connectivity index (χ0) is 13.1. The third-order valence-corrected chi connectivity index (χ3v) is 3.55. The lowest BCUT2D eigenvalue weighted by Gasteiger charge is -2.33. The van der Waals surface area contributed by atoms with E-state index < -0.39 is 5.97 Å². The molecule has 1 saturated heterocycles. The van der Waals surface area contributed by atoms with Crippen molar-refractivity contribution in [3.05, 3.63) is 23.7 Å². The molecule has 1 unspecified atom stereocenters. The number of carbonyl (C=O) groups excluding carboxylic acids is 1. The van der Waals surface area contributed by atoms with Crippen molar-refractivity contribution >= 4 is 5.97 Å². The SMILES string of the molecule is COC(=O)c1ccc(C(C)N2CCC(N)CC2)o1. The van der Waals surface area contributed by atoms with Crippen molar-refractivity contribution in [2.45, 2.75) is 31.8 Å². The predicted molar refractivity (Wildman–Crippen MR) is 67.2 cm³/mol. The van der Waals surface area contributed by atoms with Crippen LogP contribution in [0.2, 0.25) is 0 Å². The summed E-state index contributed by atoms with van der Waals surface area (Å²) in [4.78, 5) is 13.6. The Kier molecular flexibility index (Phi) is 4.04. The molecule has 0 spiro atoms. The number of methoxy groups -OCH3 is 1. The number of nitrogens with zero attached hydrogens (tertiary/aromatic N) is 1. The van der Waals surface area contributed by atoms with Crippen molar-refractivity contribution < 1.29 is 13.9 Å². The molecule has 2 N–H and O–H groups in total. The second-order valence-electron chi connectivity index (χ2n) is 4.74. The van der Waals surface area contributed by atoms with Gasteiger partial charge in [0.15, 0.2) is 0 Å². The molecule has 0 amide bonds. The Bertz CT molecular complexity index is 408. The molecule has 1 atom stereocenters.